The Morgan fingerprint density at radius 3 is 2.00 bits per heavy atom. The summed E-state index contributed by atoms with van der Waals surface area (Å²) in [6, 6.07) is 10.4. The SMILES string of the molecule is CCc1cccc(CC)c1NC(=O)C(=O)Nc1ccc(Cl)c(Cl)c1. The zero-order valence-electron chi connectivity index (χ0n) is 13.5. The lowest BCUT2D eigenvalue weighted by atomic mass is 10.0. The minimum Gasteiger partial charge on any atom is -0.318 e. The molecule has 2 N–H and O–H groups in total. The highest BCUT2D eigenvalue weighted by atomic mass is 35.5. The number of aryl methyl sites for hydroxylation is 2. The highest BCUT2D eigenvalue weighted by Crippen LogP contribution is 2.25. The lowest BCUT2D eigenvalue weighted by Gasteiger charge is -2.14. The zero-order valence-corrected chi connectivity index (χ0v) is 15.0. The van der Waals surface area contributed by atoms with E-state index in [2.05, 4.69) is 10.6 Å². The molecule has 2 aromatic carbocycles. The van der Waals surface area contributed by atoms with Crippen molar-refractivity contribution in [3.8, 4) is 0 Å². The van der Waals surface area contributed by atoms with Crippen LogP contribution in [0.4, 0.5) is 11.4 Å². The van der Waals surface area contributed by atoms with Crippen LogP contribution in [-0.4, -0.2) is 11.8 Å². The van der Waals surface area contributed by atoms with Crippen LogP contribution in [-0.2, 0) is 22.4 Å². The molecular weight excluding hydrogens is 347 g/mol. The normalized spacial score (nSPS) is 10.3. The van der Waals surface area contributed by atoms with Crippen molar-refractivity contribution in [2.45, 2.75) is 26.7 Å². The van der Waals surface area contributed by atoms with Crippen LogP contribution < -0.4 is 10.6 Å². The molecule has 0 atom stereocenters. The summed E-state index contributed by atoms with van der Waals surface area (Å²) in [5.74, 6) is -1.49. The minimum atomic E-state index is -0.763. The van der Waals surface area contributed by atoms with E-state index in [0.717, 1.165) is 24.0 Å². The molecule has 2 aromatic rings. The fourth-order valence-corrected chi connectivity index (χ4v) is 2.63. The maximum Gasteiger partial charge on any atom is 0.314 e. The molecule has 6 heteroatoms. The van der Waals surface area contributed by atoms with E-state index in [1.54, 1.807) is 12.1 Å². The Morgan fingerprint density at radius 2 is 1.46 bits per heavy atom. The molecule has 4 nitrogen and oxygen atoms in total. The van der Waals surface area contributed by atoms with Gasteiger partial charge in [0, 0.05) is 11.4 Å². The summed E-state index contributed by atoms with van der Waals surface area (Å²) in [4.78, 5) is 24.3. The Bertz CT molecular complexity index is 753. The standard InChI is InChI=1S/C18H18Cl2N2O2/c1-3-11-6-5-7-12(4-2)16(11)22-18(24)17(23)21-13-8-9-14(19)15(20)10-13/h5-10H,3-4H2,1-2H3,(H,21,23)(H,22,24). The summed E-state index contributed by atoms with van der Waals surface area (Å²) >= 11 is 11.7. The fourth-order valence-electron chi connectivity index (χ4n) is 2.34. The summed E-state index contributed by atoms with van der Waals surface area (Å²) in [5.41, 5.74) is 3.09. The Morgan fingerprint density at radius 1 is 0.875 bits per heavy atom. The van der Waals surface area contributed by atoms with Gasteiger partial charge in [0.2, 0.25) is 0 Å². The molecule has 0 fully saturated rings. The van der Waals surface area contributed by atoms with E-state index in [9.17, 15) is 9.59 Å². The van der Waals surface area contributed by atoms with E-state index < -0.39 is 11.8 Å². The van der Waals surface area contributed by atoms with Crippen molar-refractivity contribution in [2.75, 3.05) is 10.6 Å². The largest absolute Gasteiger partial charge is 0.318 e. The van der Waals surface area contributed by atoms with Gasteiger partial charge >= 0.3 is 11.8 Å². The van der Waals surface area contributed by atoms with Gasteiger partial charge in [-0.15, -0.1) is 0 Å². The van der Waals surface area contributed by atoms with Crippen LogP contribution in [0, 0.1) is 0 Å². The molecule has 2 rings (SSSR count). The first-order valence-corrected chi connectivity index (χ1v) is 8.40. The second-order valence-electron chi connectivity index (χ2n) is 5.20. The van der Waals surface area contributed by atoms with Crippen molar-refractivity contribution in [2.24, 2.45) is 0 Å². The lowest BCUT2D eigenvalue weighted by Crippen LogP contribution is -2.29. The first-order valence-electron chi connectivity index (χ1n) is 7.64. The average Bonchev–Trinajstić information content (AvgIpc) is 2.58. The molecular formula is C18H18Cl2N2O2. The molecule has 24 heavy (non-hydrogen) atoms. The molecule has 0 aliphatic rings. The average molecular weight is 365 g/mol. The van der Waals surface area contributed by atoms with Gasteiger partial charge in [-0.1, -0.05) is 55.2 Å². The topological polar surface area (TPSA) is 58.2 Å². The number of rotatable bonds is 4. The smallest absolute Gasteiger partial charge is 0.314 e. The Labute approximate surface area is 151 Å². The number of carbonyl (C=O) groups excluding carboxylic acids is 2. The number of hydrogen-bond donors (Lipinski definition) is 2. The Kier molecular flexibility index (Phi) is 6.23. The summed E-state index contributed by atoms with van der Waals surface area (Å²) in [6.45, 7) is 4.00. The number of nitrogens with one attached hydrogen (secondary N) is 2. The molecule has 126 valence electrons. The van der Waals surface area contributed by atoms with Crippen molar-refractivity contribution in [1.29, 1.82) is 0 Å². The second kappa shape index (κ2) is 8.18. The van der Waals surface area contributed by atoms with Crippen LogP contribution in [0.3, 0.4) is 0 Å². The maximum absolute atomic E-state index is 12.2. The van der Waals surface area contributed by atoms with Gasteiger partial charge in [-0.2, -0.15) is 0 Å². The van der Waals surface area contributed by atoms with Gasteiger partial charge in [-0.25, -0.2) is 0 Å². The first-order chi connectivity index (χ1) is 11.5. The summed E-state index contributed by atoms with van der Waals surface area (Å²) in [5, 5.41) is 5.91. The third-order valence-electron chi connectivity index (χ3n) is 3.62. The van der Waals surface area contributed by atoms with E-state index >= 15 is 0 Å². The number of anilines is 2. The van der Waals surface area contributed by atoms with Crippen LogP contribution >= 0.6 is 23.2 Å². The fraction of sp³-hybridized carbons (Fsp3) is 0.222. The van der Waals surface area contributed by atoms with Gasteiger partial charge in [0.15, 0.2) is 0 Å². The van der Waals surface area contributed by atoms with E-state index in [1.165, 1.54) is 6.07 Å². The summed E-state index contributed by atoms with van der Waals surface area (Å²) in [7, 11) is 0. The minimum absolute atomic E-state index is 0.305. The van der Waals surface area contributed by atoms with E-state index in [1.807, 2.05) is 32.0 Å². The lowest BCUT2D eigenvalue weighted by molar-refractivity contribution is -0.133. The van der Waals surface area contributed by atoms with Crippen molar-refractivity contribution in [1.82, 2.24) is 0 Å². The van der Waals surface area contributed by atoms with Gasteiger partial charge in [0.25, 0.3) is 0 Å². The molecule has 2 amide bonds. The molecule has 0 heterocycles. The monoisotopic (exact) mass is 364 g/mol. The van der Waals surface area contributed by atoms with Crippen molar-refractivity contribution in [3.05, 3.63) is 57.6 Å². The van der Waals surface area contributed by atoms with Crippen LogP contribution in [0.1, 0.15) is 25.0 Å². The van der Waals surface area contributed by atoms with Crippen LogP contribution in [0.5, 0.6) is 0 Å². The quantitative estimate of drug-likeness (QED) is 0.772. The highest BCUT2D eigenvalue weighted by molar-refractivity contribution is 6.44. The molecule has 0 aliphatic carbocycles. The first kappa shape index (κ1) is 18.3. The Balaban J connectivity index is 2.15. The summed E-state index contributed by atoms with van der Waals surface area (Å²) in [6.07, 6.45) is 1.52. The molecule has 0 spiro atoms. The van der Waals surface area contributed by atoms with E-state index in [-0.39, 0.29) is 0 Å². The van der Waals surface area contributed by atoms with Crippen molar-refractivity contribution in [3.63, 3.8) is 0 Å². The van der Waals surface area contributed by atoms with Gasteiger partial charge in [0.1, 0.15) is 0 Å². The molecule has 0 unspecified atom stereocenters. The van der Waals surface area contributed by atoms with Gasteiger partial charge in [-0.3, -0.25) is 9.59 Å². The van der Waals surface area contributed by atoms with Gasteiger partial charge in [0.05, 0.1) is 10.0 Å². The third-order valence-corrected chi connectivity index (χ3v) is 4.36. The van der Waals surface area contributed by atoms with Crippen molar-refractivity contribution < 1.29 is 9.59 Å². The number of amides is 2. The number of benzene rings is 2. The summed E-state index contributed by atoms with van der Waals surface area (Å²) < 4.78 is 0. The second-order valence-corrected chi connectivity index (χ2v) is 6.01. The Hall–Kier alpha value is -2.04. The number of halogens is 2. The highest BCUT2D eigenvalue weighted by Gasteiger charge is 2.17. The van der Waals surface area contributed by atoms with Crippen molar-refractivity contribution >= 4 is 46.4 Å². The van der Waals surface area contributed by atoms with Crippen LogP contribution in [0.2, 0.25) is 10.0 Å². The molecule has 0 aliphatic heterocycles. The van der Waals surface area contributed by atoms with Crippen LogP contribution in [0.15, 0.2) is 36.4 Å². The molecule has 0 aromatic heterocycles. The zero-order chi connectivity index (χ0) is 17.7. The molecule has 0 saturated carbocycles. The van der Waals surface area contributed by atoms with E-state index in [4.69, 9.17) is 23.2 Å². The van der Waals surface area contributed by atoms with Crippen LogP contribution in [0.25, 0.3) is 0 Å². The van der Waals surface area contributed by atoms with Gasteiger partial charge < -0.3 is 10.6 Å². The number of hydrogen-bond acceptors (Lipinski definition) is 2. The molecule has 0 radical (unpaired) electrons. The predicted octanol–water partition coefficient (Wildman–Crippen LogP) is 4.70. The third kappa shape index (κ3) is 4.28. The maximum atomic E-state index is 12.2. The number of para-hydroxylation sites is 1. The van der Waals surface area contributed by atoms with Gasteiger partial charge in [-0.05, 0) is 42.2 Å². The predicted molar refractivity (Wildman–Crippen MR) is 98.9 cm³/mol. The molecule has 0 saturated heterocycles. The number of carbonyl (C=O) groups is 2. The molecule has 0 bridgehead atoms. The van der Waals surface area contributed by atoms with E-state index in [0.29, 0.717) is 21.4 Å².